The second-order valence-electron chi connectivity index (χ2n) is 3.32. The van der Waals surface area contributed by atoms with Crippen molar-refractivity contribution in [2.45, 2.75) is 46.5 Å². The summed E-state index contributed by atoms with van der Waals surface area (Å²) in [7, 11) is 0. The summed E-state index contributed by atoms with van der Waals surface area (Å²) in [5.74, 6) is -0.659. The highest BCUT2D eigenvalue weighted by Gasteiger charge is 2.29. The van der Waals surface area contributed by atoms with Gasteiger partial charge >= 0.3 is 5.97 Å². The molecule has 2 heteroatoms. The van der Waals surface area contributed by atoms with Crippen LogP contribution in [0.3, 0.4) is 0 Å². The highest BCUT2D eigenvalue weighted by atomic mass is 16.4. The quantitative estimate of drug-likeness (QED) is 0.668. The summed E-state index contributed by atoms with van der Waals surface area (Å²) in [4.78, 5) is 10.8. The van der Waals surface area contributed by atoms with E-state index < -0.39 is 11.4 Å². The first-order valence-corrected chi connectivity index (χ1v) is 4.30. The third kappa shape index (κ3) is 2.91. The molecule has 0 spiro atoms. The first-order valence-electron chi connectivity index (χ1n) is 4.30. The van der Waals surface area contributed by atoms with E-state index in [-0.39, 0.29) is 0 Å². The summed E-state index contributed by atoms with van der Waals surface area (Å²) in [5.41, 5.74) is -0.490. The van der Waals surface area contributed by atoms with E-state index in [1.807, 2.05) is 13.8 Å². The molecule has 0 aromatic rings. The predicted octanol–water partition coefficient (Wildman–Crippen LogP) is 2.68. The molecule has 66 valence electrons. The number of carboxylic acid groups (broad SMARTS) is 1. The molecule has 0 amide bonds. The highest BCUT2D eigenvalue weighted by molar-refractivity contribution is 5.73. The summed E-state index contributed by atoms with van der Waals surface area (Å²) in [5, 5.41) is 8.86. The van der Waals surface area contributed by atoms with E-state index in [1.165, 1.54) is 0 Å². The van der Waals surface area contributed by atoms with Gasteiger partial charge in [0.2, 0.25) is 0 Å². The Morgan fingerprint density at radius 1 is 1.45 bits per heavy atom. The van der Waals surface area contributed by atoms with Crippen molar-refractivity contribution in [2.75, 3.05) is 0 Å². The zero-order valence-electron chi connectivity index (χ0n) is 7.68. The van der Waals surface area contributed by atoms with Crippen LogP contribution in [0.15, 0.2) is 0 Å². The van der Waals surface area contributed by atoms with E-state index in [1.54, 1.807) is 0 Å². The molecular formula is C9H18O2. The molecule has 0 saturated carbocycles. The van der Waals surface area contributed by atoms with Crippen molar-refractivity contribution in [3.05, 3.63) is 0 Å². The van der Waals surface area contributed by atoms with Gasteiger partial charge in [-0.3, -0.25) is 4.79 Å². The van der Waals surface area contributed by atoms with Crippen LogP contribution < -0.4 is 0 Å². The number of rotatable bonds is 5. The van der Waals surface area contributed by atoms with Crippen molar-refractivity contribution in [1.82, 2.24) is 0 Å². The first kappa shape index (κ1) is 10.5. The molecule has 0 aromatic heterocycles. The van der Waals surface area contributed by atoms with Crippen molar-refractivity contribution < 1.29 is 9.90 Å². The monoisotopic (exact) mass is 158 g/mol. The number of hydrogen-bond acceptors (Lipinski definition) is 1. The van der Waals surface area contributed by atoms with Gasteiger partial charge in [0.15, 0.2) is 0 Å². The molecular weight excluding hydrogens is 140 g/mol. The maximum Gasteiger partial charge on any atom is 0.309 e. The Morgan fingerprint density at radius 2 is 2.00 bits per heavy atom. The average molecular weight is 158 g/mol. The first-order chi connectivity index (χ1) is 5.06. The van der Waals surface area contributed by atoms with Crippen molar-refractivity contribution in [3.8, 4) is 0 Å². The Kier molecular flexibility index (Phi) is 4.16. The van der Waals surface area contributed by atoms with Gasteiger partial charge in [-0.05, 0) is 19.8 Å². The van der Waals surface area contributed by atoms with Crippen molar-refractivity contribution in [1.29, 1.82) is 0 Å². The molecule has 2 nitrogen and oxygen atoms in total. The second-order valence-corrected chi connectivity index (χ2v) is 3.32. The van der Waals surface area contributed by atoms with Crippen molar-refractivity contribution >= 4 is 5.97 Å². The van der Waals surface area contributed by atoms with Gasteiger partial charge in [-0.1, -0.05) is 26.7 Å². The fourth-order valence-corrected chi connectivity index (χ4v) is 1.00. The number of hydrogen-bond donors (Lipinski definition) is 1. The molecule has 0 aliphatic carbocycles. The normalized spacial score (nSPS) is 15.9. The number of aliphatic carboxylic acids is 1. The Labute approximate surface area is 68.6 Å². The molecule has 0 aromatic carbocycles. The lowest BCUT2D eigenvalue weighted by molar-refractivity contribution is -0.148. The zero-order chi connectivity index (χ0) is 8.91. The summed E-state index contributed by atoms with van der Waals surface area (Å²) < 4.78 is 0. The van der Waals surface area contributed by atoms with Gasteiger partial charge in [-0.15, -0.1) is 0 Å². The fourth-order valence-electron chi connectivity index (χ4n) is 1.00. The van der Waals surface area contributed by atoms with Crippen molar-refractivity contribution in [3.63, 3.8) is 0 Å². The van der Waals surface area contributed by atoms with Crippen molar-refractivity contribution in [2.24, 2.45) is 5.41 Å². The molecule has 0 bridgehead atoms. The van der Waals surface area contributed by atoms with Gasteiger partial charge in [0.25, 0.3) is 0 Å². The molecule has 11 heavy (non-hydrogen) atoms. The molecule has 0 rings (SSSR count). The van der Waals surface area contributed by atoms with Crippen LogP contribution >= 0.6 is 0 Å². The fraction of sp³-hybridized carbons (Fsp3) is 0.889. The van der Waals surface area contributed by atoms with E-state index >= 15 is 0 Å². The average Bonchev–Trinajstić information content (AvgIpc) is 2.00. The lowest BCUT2D eigenvalue weighted by Crippen LogP contribution is -2.26. The Hall–Kier alpha value is -0.530. The predicted molar refractivity (Wildman–Crippen MR) is 45.6 cm³/mol. The van der Waals surface area contributed by atoms with E-state index in [0.29, 0.717) is 0 Å². The number of carbonyl (C=O) groups is 1. The van der Waals surface area contributed by atoms with Crippen LogP contribution in [0.1, 0.15) is 46.5 Å². The SMILES string of the molecule is CCCC[C@](C)(CC)C(=O)O. The third-order valence-corrected chi connectivity index (χ3v) is 2.38. The molecule has 0 aliphatic heterocycles. The lowest BCUT2D eigenvalue weighted by atomic mass is 9.82. The molecule has 0 fully saturated rings. The topological polar surface area (TPSA) is 37.3 Å². The minimum atomic E-state index is -0.659. The van der Waals surface area contributed by atoms with Crippen LogP contribution in [0.5, 0.6) is 0 Å². The van der Waals surface area contributed by atoms with Crippen LogP contribution in [0.4, 0.5) is 0 Å². The van der Waals surface area contributed by atoms with Gasteiger partial charge in [0, 0.05) is 0 Å². The van der Waals surface area contributed by atoms with Gasteiger partial charge < -0.3 is 5.11 Å². The van der Waals surface area contributed by atoms with E-state index in [4.69, 9.17) is 5.11 Å². The van der Waals surface area contributed by atoms with Gasteiger partial charge in [0.05, 0.1) is 5.41 Å². The third-order valence-electron chi connectivity index (χ3n) is 2.38. The largest absolute Gasteiger partial charge is 0.481 e. The summed E-state index contributed by atoms with van der Waals surface area (Å²) >= 11 is 0. The minimum Gasteiger partial charge on any atom is -0.481 e. The lowest BCUT2D eigenvalue weighted by Gasteiger charge is -2.22. The molecule has 0 saturated heterocycles. The summed E-state index contributed by atoms with van der Waals surface area (Å²) in [6.45, 7) is 5.84. The van der Waals surface area contributed by atoms with E-state index in [2.05, 4.69) is 6.92 Å². The smallest absolute Gasteiger partial charge is 0.309 e. The van der Waals surface area contributed by atoms with Gasteiger partial charge in [-0.2, -0.15) is 0 Å². The highest BCUT2D eigenvalue weighted by Crippen LogP contribution is 2.27. The molecule has 1 atom stereocenters. The molecule has 0 unspecified atom stereocenters. The van der Waals surface area contributed by atoms with Gasteiger partial charge in [-0.25, -0.2) is 0 Å². The molecule has 0 heterocycles. The summed E-state index contributed by atoms with van der Waals surface area (Å²) in [6, 6.07) is 0. The summed E-state index contributed by atoms with van der Waals surface area (Å²) in [6.07, 6.45) is 3.61. The minimum absolute atomic E-state index is 0.490. The van der Waals surface area contributed by atoms with Crippen LogP contribution in [-0.4, -0.2) is 11.1 Å². The van der Waals surface area contributed by atoms with E-state index in [0.717, 1.165) is 25.7 Å². The Bertz CT molecular complexity index is 132. The number of unbranched alkanes of at least 4 members (excludes halogenated alkanes) is 1. The Morgan fingerprint density at radius 3 is 2.27 bits per heavy atom. The van der Waals surface area contributed by atoms with Crippen LogP contribution in [0, 0.1) is 5.41 Å². The van der Waals surface area contributed by atoms with Crippen LogP contribution in [0.25, 0.3) is 0 Å². The van der Waals surface area contributed by atoms with Gasteiger partial charge in [0.1, 0.15) is 0 Å². The zero-order valence-corrected chi connectivity index (χ0v) is 7.68. The van der Waals surface area contributed by atoms with Crippen LogP contribution in [0.2, 0.25) is 0 Å². The maximum absolute atomic E-state index is 10.8. The Balaban J connectivity index is 3.99. The molecule has 0 radical (unpaired) electrons. The maximum atomic E-state index is 10.8. The standard InChI is InChI=1S/C9H18O2/c1-4-6-7-9(3,5-2)8(10)11/h4-7H2,1-3H3,(H,10,11)/t9-/m0/s1. The van der Waals surface area contributed by atoms with Crippen LogP contribution in [-0.2, 0) is 4.79 Å². The molecule has 0 aliphatic rings. The molecule has 1 N–H and O–H groups in total. The number of carboxylic acids is 1. The van der Waals surface area contributed by atoms with E-state index in [9.17, 15) is 4.79 Å². The second kappa shape index (κ2) is 4.37.